The van der Waals surface area contributed by atoms with Crippen LogP contribution < -0.4 is 5.56 Å². The molecule has 2 aromatic heterocycles. The predicted octanol–water partition coefficient (Wildman–Crippen LogP) is 3.58. The lowest BCUT2D eigenvalue weighted by Crippen LogP contribution is -2.17. The van der Waals surface area contributed by atoms with Crippen molar-refractivity contribution < 1.29 is 18.8 Å². The van der Waals surface area contributed by atoms with Gasteiger partial charge in [0.25, 0.3) is 5.56 Å². The molecule has 0 atom stereocenters. The molecule has 29 heavy (non-hydrogen) atoms. The molecule has 2 heterocycles. The zero-order valence-corrected chi connectivity index (χ0v) is 15.5. The Kier molecular flexibility index (Phi) is 4.85. The van der Waals surface area contributed by atoms with E-state index in [1.165, 1.54) is 12.1 Å². The van der Waals surface area contributed by atoms with Crippen molar-refractivity contribution >= 4 is 28.5 Å². The molecule has 2 aromatic carbocycles. The Morgan fingerprint density at radius 1 is 1.17 bits per heavy atom. The van der Waals surface area contributed by atoms with Crippen LogP contribution >= 0.6 is 11.6 Å². The highest BCUT2D eigenvalue weighted by Gasteiger charge is 2.16. The smallest absolute Gasteiger partial charge is 0.341 e. The third kappa shape index (κ3) is 3.88. The lowest BCUT2D eigenvalue weighted by atomic mass is 10.1. The molecule has 146 valence electrons. The summed E-state index contributed by atoms with van der Waals surface area (Å²) >= 11 is 6.14. The number of fused-ring (bicyclic) bond motifs is 1. The van der Waals surface area contributed by atoms with E-state index in [2.05, 4.69) is 15.1 Å². The van der Waals surface area contributed by atoms with E-state index in [0.29, 0.717) is 32.9 Å². The second kappa shape index (κ2) is 7.48. The Hall–Kier alpha value is -3.52. The van der Waals surface area contributed by atoms with Crippen LogP contribution in [0.3, 0.4) is 0 Å². The van der Waals surface area contributed by atoms with Gasteiger partial charge in [0.2, 0.25) is 5.89 Å². The molecule has 0 aliphatic carbocycles. The molecule has 7 nitrogen and oxygen atoms in total. The van der Waals surface area contributed by atoms with Gasteiger partial charge in [0, 0.05) is 16.8 Å². The van der Waals surface area contributed by atoms with Gasteiger partial charge in [-0.2, -0.15) is 4.98 Å². The van der Waals surface area contributed by atoms with Crippen molar-refractivity contribution in [3.63, 3.8) is 0 Å². The van der Waals surface area contributed by atoms with Crippen molar-refractivity contribution in [1.29, 1.82) is 0 Å². The van der Waals surface area contributed by atoms with Crippen molar-refractivity contribution in [3.05, 3.63) is 92.1 Å². The molecule has 0 spiro atoms. The second-order valence-corrected chi connectivity index (χ2v) is 6.83. The number of benzene rings is 2. The first kappa shape index (κ1) is 18.8. The molecular weight excluding hydrogens is 401 g/mol. The minimum atomic E-state index is -1.33. The summed E-state index contributed by atoms with van der Waals surface area (Å²) in [5.41, 5.74) is 0.356. The van der Waals surface area contributed by atoms with Crippen LogP contribution in [0, 0.1) is 5.82 Å². The molecule has 0 radical (unpaired) electrons. The van der Waals surface area contributed by atoms with E-state index >= 15 is 0 Å². The van der Waals surface area contributed by atoms with Crippen LogP contribution in [-0.2, 0) is 12.8 Å². The number of aromatic carboxylic acids is 1. The SMILES string of the molecule is O=C(O)c1cc2cc(Cl)cc(Cc3nc(Cc4ccccc4F)no3)c2[nH]c1=O. The van der Waals surface area contributed by atoms with Crippen LogP contribution in [0.2, 0.25) is 5.02 Å². The van der Waals surface area contributed by atoms with Gasteiger partial charge < -0.3 is 14.6 Å². The second-order valence-electron chi connectivity index (χ2n) is 6.40. The minimum Gasteiger partial charge on any atom is -0.477 e. The van der Waals surface area contributed by atoms with E-state index in [-0.39, 0.29) is 30.1 Å². The fraction of sp³-hybridized carbons (Fsp3) is 0.100. The number of nitrogens with zero attached hydrogens (tertiary/aromatic N) is 2. The Bertz CT molecular complexity index is 1300. The summed E-state index contributed by atoms with van der Waals surface area (Å²) in [5.74, 6) is -1.11. The average Bonchev–Trinajstić information content (AvgIpc) is 3.10. The number of halogens is 2. The monoisotopic (exact) mass is 413 g/mol. The maximum Gasteiger partial charge on any atom is 0.341 e. The van der Waals surface area contributed by atoms with E-state index in [1.54, 1.807) is 30.3 Å². The summed E-state index contributed by atoms with van der Waals surface area (Å²) in [4.78, 5) is 30.1. The third-order valence-electron chi connectivity index (χ3n) is 4.39. The third-order valence-corrected chi connectivity index (χ3v) is 4.61. The largest absolute Gasteiger partial charge is 0.477 e. The van der Waals surface area contributed by atoms with Crippen molar-refractivity contribution in [2.75, 3.05) is 0 Å². The lowest BCUT2D eigenvalue weighted by molar-refractivity contribution is 0.0695. The maximum absolute atomic E-state index is 13.8. The fourth-order valence-electron chi connectivity index (χ4n) is 3.06. The Balaban J connectivity index is 1.67. The lowest BCUT2D eigenvalue weighted by Gasteiger charge is -2.06. The first-order chi connectivity index (χ1) is 13.9. The van der Waals surface area contributed by atoms with Crippen LogP contribution in [0.1, 0.15) is 33.2 Å². The average molecular weight is 414 g/mol. The van der Waals surface area contributed by atoms with Crippen molar-refractivity contribution in [2.24, 2.45) is 0 Å². The molecular formula is C20H13ClFN3O4. The first-order valence-corrected chi connectivity index (χ1v) is 8.92. The molecule has 0 bridgehead atoms. The van der Waals surface area contributed by atoms with Crippen molar-refractivity contribution in [3.8, 4) is 0 Å². The van der Waals surface area contributed by atoms with Gasteiger partial charge in [-0.3, -0.25) is 4.79 Å². The summed E-state index contributed by atoms with van der Waals surface area (Å²) in [6, 6.07) is 10.8. The number of carbonyl (C=O) groups is 1. The molecule has 4 rings (SSSR count). The van der Waals surface area contributed by atoms with E-state index in [4.69, 9.17) is 21.2 Å². The van der Waals surface area contributed by atoms with Crippen LogP contribution in [0.4, 0.5) is 4.39 Å². The molecule has 0 aliphatic heterocycles. The van der Waals surface area contributed by atoms with Gasteiger partial charge >= 0.3 is 5.97 Å². The summed E-state index contributed by atoms with van der Waals surface area (Å²) in [7, 11) is 0. The normalized spacial score (nSPS) is 11.1. The molecule has 0 unspecified atom stereocenters. The number of rotatable bonds is 5. The number of aromatic nitrogens is 3. The van der Waals surface area contributed by atoms with Gasteiger partial charge in [-0.05, 0) is 35.4 Å². The quantitative estimate of drug-likeness (QED) is 0.517. The highest BCUT2D eigenvalue weighted by molar-refractivity contribution is 6.31. The van der Waals surface area contributed by atoms with Crippen LogP contribution in [0.5, 0.6) is 0 Å². The number of nitrogens with one attached hydrogen (secondary N) is 1. The standard InChI is InChI=1S/C20H13ClFN3O4/c21-13-5-11-7-14(20(27)28)19(26)24-18(11)12(6-13)9-17-23-16(25-29-17)8-10-3-1-2-4-15(10)22/h1-7H,8-9H2,(H,24,26)(H,27,28). The molecule has 4 aromatic rings. The van der Waals surface area contributed by atoms with Gasteiger partial charge in [0.1, 0.15) is 11.4 Å². The Morgan fingerprint density at radius 2 is 1.97 bits per heavy atom. The number of aromatic amines is 1. The number of carboxylic acids is 1. The number of pyridine rings is 1. The summed E-state index contributed by atoms with van der Waals surface area (Å²) in [5, 5.41) is 13.8. The van der Waals surface area contributed by atoms with Gasteiger partial charge in [0.15, 0.2) is 5.82 Å². The number of hydrogen-bond donors (Lipinski definition) is 2. The highest BCUT2D eigenvalue weighted by atomic mass is 35.5. The summed E-state index contributed by atoms with van der Waals surface area (Å²) < 4.78 is 19.0. The van der Waals surface area contributed by atoms with Crippen LogP contribution in [0.15, 0.2) is 51.8 Å². The summed E-state index contributed by atoms with van der Waals surface area (Å²) in [6.45, 7) is 0. The van der Waals surface area contributed by atoms with Crippen molar-refractivity contribution in [2.45, 2.75) is 12.8 Å². The Morgan fingerprint density at radius 3 is 2.72 bits per heavy atom. The fourth-order valence-corrected chi connectivity index (χ4v) is 3.31. The molecule has 0 fully saturated rings. The van der Waals surface area contributed by atoms with Crippen molar-refractivity contribution in [1.82, 2.24) is 15.1 Å². The van der Waals surface area contributed by atoms with Gasteiger partial charge in [-0.25, -0.2) is 9.18 Å². The van der Waals surface area contributed by atoms with Gasteiger partial charge in [-0.15, -0.1) is 0 Å². The predicted molar refractivity (Wildman–Crippen MR) is 103 cm³/mol. The van der Waals surface area contributed by atoms with E-state index < -0.39 is 11.5 Å². The first-order valence-electron chi connectivity index (χ1n) is 8.54. The van der Waals surface area contributed by atoms with Crippen LogP contribution in [-0.4, -0.2) is 26.2 Å². The molecule has 0 aliphatic rings. The number of H-pyrrole nitrogens is 1. The van der Waals surface area contributed by atoms with E-state index in [1.807, 2.05) is 0 Å². The summed E-state index contributed by atoms with van der Waals surface area (Å²) in [6.07, 6.45) is 0.328. The molecule has 0 saturated heterocycles. The number of carboxylic acid groups (broad SMARTS) is 1. The minimum absolute atomic E-state index is 0.156. The molecule has 0 saturated carbocycles. The zero-order chi connectivity index (χ0) is 20.5. The Labute approximate surface area is 167 Å². The highest BCUT2D eigenvalue weighted by Crippen LogP contribution is 2.24. The molecule has 0 amide bonds. The number of hydrogen-bond acceptors (Lipinski definition) is 5. The molecule has 9 heteroatoms. The van der Waals surface area contributed by atoms with Gasteiger partial charge in [-0.1, -0.05) is 35.0 Å². The topological polar surface area (TPSA) is 109 Å². The zero-order valence-electron chi connectivity index (χ0n) is 14.8. The van der Waals surface area contributed by atoms with Gasteiger partial charge in [0.05, 0.1) is 11.9 Å². The van der Waals surface area contributed by atoms with E-state index in [0.717, 1.165) is 0 Å². The van der Waals surface area contributed by atoms with Crippen LogP contribution in [0.25, 0.3) is 10.9 Å². The maximum atomic E-state index is 13.8. The van der Waals surface area contributed by atoms with E-state index in [9.17, 15) is 14.0 Å². The molecule has 2 N–H and O–H groups in total.